The average molecular weight is 489 g/mol. The minimum atomic E-state index is -4.82. The van der Waals surface area contributed by atoms with E-state index in [1.807, 2.05) is 0 Å². The lowest BCUT2D eigenvalue weighted by atomic mass is 10.0. The highest BCUT2D eigenvalue weighted by Crippen LogP contribution is 2.34. The van der Waals surface area contributed by atoms with Crippen LogP contribution >= 0.6 is 0 Å². The Morgan fingerprint density at radius 3 is 2.57 bits per heavy atom. The second-order valence-corrected chi connectivity index (χ2v) is 7.90. The van der Waals surface area contributed by atoms with E-state index < -0.39 is 40.5 Å². The summed E-state index contributed by atoms with van der Waals surface area (Å²) in [5.74, 6) is -1.98. The summed E-state index contributed by atoms with van der Waals surface area (Å²) in [5, 5.41) is 26.1. The third-order valence-corrected chi connectivity index (χ3v) is 4.97. The van der Waals surface area contributed by atoms with Crippen molar-refractivity contribution in [2.75, 3.05) is 5.32 Å². The van der Waals surface area contributed by atoms with Crippen molar-refractivity contribution in [1.29, 1.82) is 5.26 Å². The van der Waals surface area contributed by atoms with Crippen LogP contribution in [0.4, 0.5) is 23.2 Å². The number of aromatic nitrogens is 1. The lowest BCUT2D eigenvalue weighted by Crippen LogP contribution is -2.43. The van der Waals surface area contributed by atoms with Crippen LogP contribution in [0.1, 0.15) is 30.5 Å². The fourth-order valence-corrected chi connectivity index (χ4v) is 3.35. The van der Waals surface area contributed by atoms with Crippen molar-refractivity contribution in [2.24, 2.45) is 5.10 Å². The maximum Gasteiger partial charge on any atom is 0.417 e. The zero-order valence-electron chi connectivity index (χ0n) is 18.4. The van der Waals surface area contributed by atoms with Gasteiger partial charge in [-0.15, -0.1) is 0 Å². The Bertz CT molecular complexity index is 1370. The molecule has 0 saturated carbocycles. The Balaban J connectivity index is 1.89. The topological polar surface area (TPSA) is 120 Å². The maximum atomic E-state index is 13.8. The predicted molar refractivity (Wildman–Crippen MR) is 119 cm³/mol. The first-order valence-electron chi connectivity index (χ1n) is 10.0. The number of halogens is 4. The Labute approximate surface area is 196 Å². The Morgan fingerprint density at radius 1 is 1.23 bits per heavy atom. The Morgan fingerprint density at radius 2 is 1.94 bits per heavy atom. The molecule has 2 amide bonds. The number of nitriles is 1. The fourth-order valence-electron chi connectivity index (χ4n) is 3.35. The van der Waals surface area contributed by atoms with Gasteiger partial charge in [0.1, 0.15) is 5.82 Å². The summed E-state index contributed by atoms with van der Waals surface area (Å²) in [6.07, 6.45) is -2.08. The molecule has 0 radical (unpaired) electrons. The highest BCUT2D eigenvalue weighted by atomic mass is 19.4. The summed E-state index contributed by atoms with van der Waals surface area (Å²) >= 11 is 0. The quantitative estimate of drug-likeness (QED) is 0.279. The Kier molecular flexibility index (Phi) is 6.93. The molecule has 0 aliphatic rings. The molecule has 35 heavy (non-hydrogen) atoms. The molecule has 0 spiro atoms. The molecule has 1 atom stereocenters. The van der Waals surface area contributed by atoms with E-state index in [-0.39, 0.29) is 12.2 Å². The standard InChI is InChI=1S/C23H19F4N5O3/c1-13(33)31-29-10-15-11-32(20-6-4-16(24)7-18(15)20)12-22(2,35)21(34)30-17-5-3-14(9-28)19(8-17)23(25,26)27/h3-8,10-11,35H,12H2,1-2H3,(H,30,34)(H,31,33)/b29-10-/t22-/m0/s1. The number of hydrogen-bond donors (Lipinski definition) is 3. The molecule has 12 heteroatoms. The average Bonchev–Trinajstić information content (AvgIpc) is 3.08. The number of benzene rings is 2. The number of carbonyl (C=O) groups is 2. The Hall–Kier alpha value is -4.24. The van der Waals surface area contributed by atoms with Gasteiger partial charge in [-0.05, 0) is 43.3 Å². The molecule has 0 saturated heterocycles. The summed E-state index contributed by atoms with van der Waals surface area (Å²) in [4.78, 5) is 23.8. The maximum absolute atomic E-state index is 13.8. The molecule has 3 rings (SSSR count). The van der Waals surface area contributed by atoms with Crippen LogP contribution in [0.3, 0.4) is 0 Å². The number of carbonyl (C=O) groups excluding carboxylic acids is 2. The van der Waals surface area contributed by atoms with Crippen LogP contribution in [0.25, 0.3) is 10.9 Å². The summed E-state index contributed by atoms with van der Waals surface area (Å²) in [5.41, 5.74) is -1.18. The molecule has 182 valence electrons. The van der Waals surface area contributed by atoms with Gasteiger partial charge in [-0.3, -0.25) is 9.59 Å². The van der Waals surface area contributed by atoms with E-state index in [9.17, 15) is 32.3 Å². The number of aliphatic hydroxyl groups is 1. The van der Waals surface area contributed by atoms with Crippen LogP contribution in [-0.4, -0.2) is 33.3 Å². The van der Waals surface area contributed by atoms with Gasteiger partial charge in [0, 0.05) is 35.3 Å². The molecular weight excluding hydrogens is 470 g/mol. The predicted octanol–water partition coefficient (Wildman–Crippen LogP) is 3.53. The second-order valence-electron chi connectivity index (χ2n) is 7.90. The number of fused-ring (bicyclic) bond motifs is 1. The van der Waals surface area contributed by atoms with Crippen molar-refractivity contribution in [3.8, 4) is 6.07 Å². The van der Waals surface area contributed by atoms with Gasteiger partial charge in [-0.1, -0.05) is 0 Å². The largest absolute Gasteiger partial charge is 0.417 e. The van der Waals surface area contributed by atoms with Gasteiger partial charge in [-0.25, -0.2) is 9.82 Å². The number of nitrogens with zero attached hydrogens (tertiary/aromatic N) is 3. The van der Waals surface area contributed by atoms with Crippen molar-refractivity contribution in [1.82, 2.24) is 9.99 Å². The van der Waals surface area contributed by atoms with Crippen molar-refractivity contribution in [3.63, 3.8) is 0 Å². The van der Waals surface area contributed by atoms with Gasteiger partial charge >= 0.3 is 6.18 Å². The summed E-state index contributed by atoms with van der Waals surface area (Å²) in [6.45, 7) is 2.07. The summed E-state index contributed by atoms with van der Waals surface area (Å²) in [6, 6.07) is 7.90. The molecule has 1 heterocycles. The van der Waals surface area contributed by atoms with Crippen LogP contribution in [0, 0.1) is 17.1 Å². The lowest BCUT2D eigenvalue weighted by molar-refractivity contribution is -0.138. The van der Waals surface area contributed by atoms with Gasteiger partial charge in [0.15, 0.2) is 5.60 Å². The van der Waals surface area contributed by atoms with Crippen molar-refractivity contribution in [2.45, 2.75) is 32.2 Å². The minimum absolute atomic E-state index is 0.260. The van der Waals surface area contributed by atoms with E-state index in [0.29, 0.717) is 22.5 Å². The monoisotopic (exact) mass is 489 g/mol. The van der Waals surface area contributed by atoms with E-state index in [0.717, 1.165) is 19.1 Å². The van der Waals surface area contributed by atoms with E-state index in [1.165, 1.54) is 48.2 Å². The number of amides is 2. The summed E-state index contributed by atoms with van der Waals surface area (Å²) < 4.78 is 54.9. The molecular formula is C23H19F4N5O3. The van der Waals surface area contributed by atoms with Crippen LogP contribution < -0.4 is 10.7 Å². The van der Waals surface area contributed by atoms with Crippen LogP contribution in [-0.2, 0) is 22.3 Å². The van der Waals surface area contributed by atoms with Crippen molar-refractivity contribution in [3.05, 3.63) is 65.1 Å². The first-order valence-corrected chi connectivity index (χ1v) is 10.0. The highest BCUT2D eigenvalue weighted by Gasteiger charge is 2.35. The van der Waals surface area contributed by atoms with Crippen LogP contribution in [0.5, 0.6) is 0 Å². The number of alkyl halides is 3. The van der Waals surface area contributed by atoms with Gasteiger partial charge in [0.25, 0.3) is 5.91 Å². The molecule has 3 aromatic rings. The van der Waals surface area contributed by atoms with Gasteiger partial charge < -0.3 is 15.0 Å². The number of hydrazone groups is 1. The number of anilines is 1. The molecule has 1 aromatic heterocycles. The third kappa shape index (κ3) is 5.82. The first-order chi connectivity index (χ1) is 16.3. The smallest absolute Gasteiger partial charge is 0.378 e. The number of nitrogens with one attached hydrogen (secondary N) is 2. The van der Waals surface area contributed by atoms with Crippen LogP contribution in [0.2, 0.25) is 0 Å². The van der Waals surface area contributed by atoms with E-state index in [1.54, 1.807) is 0 Å². The zero-order valence-corrected chi connectivity index (χ0v) is 18.4. The minimum Gasteiger partial charge on any atom is -0.378 e. The van der Waals surface area contributed by atoms with Gasteiger partial charge in [0.05, 0.1) is 30.0 Å². The second kappa shape index (κ2) is 9.55. The molecule has 8 nitrogen and oxygen atoms in total. The first kappa shape index (κ1) is 25.4. The molecule has 2 aromatic carbocycles. The lowest BCUT2D eigenvalue weighted by Gasteiger charge is -2.24. The molecule has 0 bridgehead atoms. The molecule has 0 aliphatic heterocycles. The third-order valence-electron chi connectivity index (χ3n) is 4.97. The highest BCUT2D eigenvalue weighted by molar-refractivity contribution is 6.00. The van der Waals surface area contributed by atoms with Gasteiger partial charge in [0.2, 0.25) is 5.91 Å². The van der Waals surface area contributed by atoms with Crippen LogP contribution in [0.15, 0.2) is 47.7 Å². The molecule has 0 fully saturated rings. The van der Waals surface area contributed by atoms with E-state index in [2.05, 4.69) is 15.8 Å². The SMILES string of the molecule is CC(=O)N/N=C\c1cn(C[C@](C)(O)C(=O)Nc2ccc(C#N)c(C(F)(F)F)c2)c2ccc(F)cc12. The molecule has 0 unspecified atom stereocenters. The number of hydrogen-bond acceptors (Lipinski definition) is 5. The number of rotatable bonds is 6. The normalized spacial score (nSPS) is 13.4. The van der Waals surface area contributed by atoms with Gasteiger partial charge in [-0.2, -0.15) is 23.5 Å². The van der Waals surface area contributed by atoms with Crippen molar-refractivity contribution < 1.29 is 32.3 Å². The fraction of sp³-hybridized carbons (Fsp3) is 0.217. The van der Waals surface area contributed by atoms with E-state index >= 15 is 0 Å². The van der Waals surface area contributed by atoms with E-state index in [4.69, 9.17) is 5.26 Å². The zero-order chi connectivity index (χ0) is 26.0. The summed E-state index contributed by atoms with van der Waals surface area (Å²) in [7, 11) is 0. The van der Waals surface area contributed by atoms with Crippen molar-refractivity contribution >= 4 is 34.6 Å². The molecule has 0 aliphatic carbocycles. The molecule has 3 N–H and O–H groups in total.